The van der Waals surface area contributed by atoms with Crippen LogP contribution in [0.3, 0.4) is 0 Å². The summed E-state index contributed by atoms with van der Waals surface area (Å²) < 4.78 is 0. The molecule has 1 aromatic rings. The van der Waals surface area contributed by atoms with Crippen LogP contribution in [0.5, 0.6) is 0 Å². The number of aryl methyl sites for hydroxylation is 1. The Bertz CT molecular complexity index is 371. The van der Waals surface area contributed by atoms with Gasteiger partial charge in [-0.3, -0.25) is 4.79 Å². The highest BCUT2D eigenvalue weighted by Gasteiger charge is 2.17. The fourth-order valence-electron chi connectivity index (χ4n) is 1.88. The van der Waals surface area contributed by atoms with Gasteiger partial charge >= 0.3 is 5.97 Å². The first-order valence-electron chi connectivity index (χ1n) is 6.57. The summed E-state index contributed by atoms with van der Waals surface area (Å²) >= 11 is 0. The number of carboxylic acid groups (broad SMARTS) is 1. The molecule has 1 rings (SSSR count). The van der Waals surface area contributed by atoms with E-state index in [1.165, 1.54) is 5.56 Å². The van der Waals surface area contributed by atoms with E-state index in [-0.39, 0.29) is 0 Å². The summed E-state index contributed by atoms with van der Waals surface area (Å²) in [5.41, 5.74) is 2.43. The first-order valence-corrected chi connectivity index (χ1v) is 6.57. The molecule has 3 nitrogen and oxygen atoms in total. The maximum absolute atomic E-state index is 11.1. The van der Waals surface area contributed by atoms with Crippen LogP contribution in [0.2, 0.25) is 0 Å². The normalized spacial score (nSPS) is 12.7. The van der Waals surface area contributed by atoms with Gasteiger partial charge < -0.3 is 10.4 Å². The number of benzene rings is 1. The zero-order valence-corrected chi connectivity index (χ0v) is 11.4. The van der Waals surface area contributed by atoms with E-state index in [2.05, 4.69) is 36.5 Å². The average molecular weight is 249 g/mol. The van der Waals surface area contributed by atoms with Gasteiger partial charge in [-0.15, -0.1) is 0 Å². The van der Waals surface area contributed by atoms with E-state index in [9.17, 15) is 4.79 Å². The van der Waals surface area contributed by atoms with Gasteiger partial charge in [0, 0.05) is 6.54 Å². The third kappa shape index (κ3) is 4.88. The Morgan fingerprint density at radius 1 is 1.22 bits per heavy atom. The Morgan fingerprint density at radius 3 is 2.22 bits per heavy atom. The van der Waals surface area contributed by atoms with E-state index in [1.807, 2.05) is 13.8 Å². The monoisotopic (exact) mass is 249 g/mol. The van der Waals surface area contributed by atoms with Crippen molar-refractivity contribution >= 4 is 5.97 Å². The van der Waals surface area contributed by atoms with Gasteiger partial charge in [0.1, 0.15) is 6.04 Å². The first kappa shape index (κ1) is 14.7. The van der Waals surface area contributed by atoms with Crippen molar-refractivity contribution in [2.75, 3.05) is 0 Å². The lowest BCUT2D eigenvalue weighted by Crippen LogP contribution is -2.37. The fourth-order valence-corrected chi connectivity index (χ4v) is 1.88. The highest BCUT2D eigenvalue weighted by molar-refractivity contribution is 5.73. The molecule has 0 aliphatic rings. The number of nitrogens with one attached hydrogen (secondary N) is 1. The van der Waals surface area contributed by atoms with Crippen molar-refractivity contribution in [2.24, 2.45) is 5.92 Å². The standard InChI is InChI=1S/C15H23NO2/c1-4-12-5-7-13(8-6-12)10-16-14(15(17)18)9-11(2)3/h5-8,11,14,16H,4,9-10H2,1-3H3,(H,17,18). The van der Waals surface area contributed by atoms with Crippen molar-refractivity contribution in [3.63, 3.8) is 0 Å². The SMILES string of the molecule is CCc1ccc(CNC(CC(C)C)C(=O)O)cc1. The van der Waals surface area contributed by atoms with E-state index in [0.717, 1.165) is 12.0 Å². The molecule has 1 unspecified atom stereocenters. The summed E-state index contributed by atoms with van der Waals surface area (Å²) in [5, 5.41) is 12.2. The molecule has 1 atom stereocenters. The minimum atomic E-state index is -0.770. The molecule has 0 heterocycles. The van der Waals surface area contributed by atoms with Crippen LogP contribution < -0.4 is 5.32 Å². The largest absolute Gasteiger partial charge is 0.480 e. The van der Waals surface area contributed by atoms with E-state index in [1.54, 1.807) is 0 Å². The Balaban J connectivity index is 2.52. The van der Waals surface area contributed by atoms with Crippen molar-refractivity contribution in [1.82, 2.24) is 5.32 Å². The van der Waals surface area contributed by atoms with Gasteiger partial charge in [-0.2, -0.15) is 0 Å². The van der Waals surface area contributed by atoms with E-state index in [4.69, 9.17) is 5.11 Å². The summed E-state index contributed by atoms with van der Waals surface area (Å²) in [4.78, 5) is 11.1. The number of carboxylic acids is 1. The Hall–Kier alpha value is -1.35. The number of hydrogen-bond acceptors (Lipinski definition) is 2. The molecular formula is C15H23NO2. The molecule has 3 heteroatoms. The van der Waals surface area contributed by atoms with Gasteiger partial charge in [-0.05, 0) is 29.9 Å². The topological polar surface area (TPSA) is 49.3 Å². The van der Waals surface area contributed by atoms with Gasteiger partial charge in [-0.25, -0.2) is 0 Å². The Labute approximate surface area is 109 Å². The Morgan fingerprint density at radius 2 is 1.78 bits per heavy atom. The van der Waals surface area contributed by atoms with Crippen LogP contribution >= 0.6 is 0 Å². The molecule has 2 N–H and O–H groups in total. The molecule has 0 saturated heterocycles. The van der Waals surface area contributed by atoms with Gasteiger partial charge in [0.05, 0.1) is 0 Å². The smallest absolute Gasteiger partial charge is 0.320 e. The maximum atomic E-state index is 11.1. The van der Waals surface area contributed by atoms with Crippen LogP contribution in [0.4, 0.5) is 0 Å². The molecule has 0 aliphatic carbocycles. The molecule has 1 aromatic carbocycles. The second kappa shape index (κ2) is 7.17. The molecule has 0 bridgehead atoms. The second-order valence-electron chi connectivity index (χ2n) is 5.07. The van der Waals surface area contributed by atoms with Crippen LogP contribution in [0, 0.1) is 5.92 Å². The van der Waals surface area contributed by atoms with Crippen molar-refractivity contribution in [1.29, 1.82) is 0 Å². The average Bonchev–Trinajstić information content (AvgIpc) is 2.34. The van der Waals surface area contributed by atoms with Crippen LogP contribution in [0.1, 0.15) is 38.3 Å². The van der Waals surface area contributed by atoms with Gasteiger partial charge in [0.2, 0.25) is 0 Å². The number of rotatable bonds is 7. The molecule has 0 spiro atoms. The van der Waals surface area contributed by atoms with E-state index < -0.39 is 12.0 Å². The molecular weight excluding hydrogens is 226 g/mol. The maximum Gasteiger partial charge on any atom is 0.320 e. The van der Waals surface area contributed by atoms with Gasteiger partial charge in [0.15, 0.2) is 0 Å². The minimum absolute atomic E-state index is 0.376. The zero-order chi connectivity index (χ0) is 13.5. The predicted molar refractivity (Wildman–Crippen MR) is 73.5 cm³/mol. The van der Waals surface area contributed by atoms with E-state index >= 15 is 0 Å². The lowest BCUT2D eigenvalue weighted by molar-refractivity contribution is -0.140. The molecule has 0 fully saturated rings. The second-order valence-corrected chi connectivity index (χ2v) is 5.07. The highest BCUT2D eigenvalue weighted by Crippen LogP contribution is 2.08. The van der Waals surface area contributed by atoms with E-state index in [0.29, 0.717) is 18.9 Å². The predicted octanol–water partition coefficient (Wildman–Crippen LogP) is 2.84. The summed E-state index contributed by atoms with van der Waals surface area (Å²) in [6, 6.07) is 7.83. The van der Waals surface area contributed by atoms with Crippen LogP contribution in [0.25, 0.3) is 0 Å². The molecule has 18 heavy (non-hydrogen) atoms. The zero-order valence-electron chi connectivity index (χ0n) is 11.4. The number of hydrogen-bond donors (Lipinski definition) is 2. The first-order chi connectivity index (χ1) is 8.52. The van der Waals surface area contributed by atoms with Crippen LogP contribution in [-0.2, 0) is 17.8 Å². The molecule has 0 radical (unpaired) electrons. The lowest BCUT2D eigenvalue weighted by atomic mass is 10.0. The summed E-state index contributed by atoms with van der Waals surface area (Å²) in [7, 11) is 0. The van der Waals surface area contributed by atoms with Crippen molar-refractivity contribution in [3.05, 3.63) is 35.4 Å². The highest BCUT2D eigenvalue weighted by atomic mass is 16.4. The van der Waals surface area contributed by atoms with Gasteiger partial charge in [-0.1, -0.05) is 45.0 Å². The third-order valence-electron chi connectivity index (χ3n) is 2.99. The van der Waals surface area contributed by atoms with Crippen molar-refractivity contribution in [2.45, 2.75) is 46.2 Å². The van der Waals surface area contributed by atoms with Crippen molar-refractivity contribution < 1.29 is 9.90 Å². The lowest BCUT2D eigenvalue weighted by Gasteiger charge is -2.16. The molecule has 0 aliphatic heterocycles. The Kier molecular flexibility index (Phi) is 5.86. The summed E-state index contributed by atoms with van der Waals surface area (Å²) in [6.07, 6.45) is 1.68. The summed E-state index contributed by atoms with van der Waals surface area (Å²) in [5.74, 6) is -0.394. The minimum Gasteiger partial charge on any atom is -0.480 e. The molecule has 0 saturated carbocycles. The quantitative estimate of drug-likeness (QED) is 0.781. The number of carbonyl (C=O) groups is 1. The molecule has 0 amide bonds. The number of aliphatic carboxylic acids is 1. The van der Waals surface area contributed by atoms with Gasteiger partial charge in [0.25, 0.3) is 0 Å². The van der Waals surface area contributed by atoms with Crippen LogP contribution in [0.15, 0.2) is 24.3 Å². The molecule has 100 valence electrons. The van der Waals surface area contributed by atoms with Crippen LogP contribution in [-0.4, -0.2) is 17.1 Å². The molecule has 0 aromatic heterocycles. The van der Waals surface area contributed by atoms with Crippen molar-refractivity contribution in [3.8, 4) is 0 Å². The summed E-state index contributed by atoms with van der Waals surface area (Å²) in [6.45, 7) is 6.80. The fraction of sp³-hybridized carbons (Fsp3) is 0.533. The third-order valence-corrected chi connectivity index (χ3v) is 2.99.